The lowest BCUT2D eigenvalue weighted by Gasteiger charge is -2.22. The van der Waals surface area contributed by atoms with Crippen LogP contribution in [0, 0.1) is 6.92 Å². The molecule has 4 aromatic carbocycles. The monoisotopic (exact) mass is 468 g/mol. The number of aryl methyl sites for hydroxylation is 1. The lowest BCUT2D eigenvalue weighted by molar-refractivity contribution is 0.866. The maximum Gasteiger partial charge on any atom is 0.0694 e. The maximum atomic E-state index is 3.69. The molecule has 1 aromatic heterocycles. The second kappa shape index (κ2) is 9.20. The minimum Gasteiger partial charge on any atom is -0.354 e. The van der Waals surface area contributed by atoms with Gasteiger partial charge in [0.15, 0.2) is 0 Å². The van der Waals surface area contributed by atoms with E-state index in [0.29, 0.717) is 5.92 Å². The quantitative estimate of drug-likeness (QED) is 0.272. The van der Waals surface area contributed by atoms with Gasteiger partial charge in [0.2, 0.25) is 0 Å². The zero-order valence-electron chi connectivity index (χ0n) is 21.3. The smallest absolute Gasteiger partial charge is 0.0694 e. The maximum absolute atomic E-state index is 3.69. The summed E-state index contributed by atoms with van der Waals surface area (Å²) in [6.45, 7) is 6.89. The highest BCUT2D eigenvalue weighted by atomic mass is 15.0. The van der Waals surface area contributed by atoms with Gasteiger partial charge in [0.05, 0.1) is 17.1 Å². The van der Waals surface area contributed by atoms with Crippen molar-refractivity contribution in [2.24, 2.45) is 0 Å². The number of aromatic nitrogens is 1. The van der Waals surface area contributed by atoms with Gasteiger partial charge >= 0.3 is 0 Å². The third kappa shape index (κ3) is 3.74. The molecule has 0 atom stereocenters. The van der Waals surface area contributed by atoms with E-state index in [-0.39, 0.29) is 0 Å². The second-order valence-corrected chi connectivity index (χ2v) is 10.0. The molecule has 36 heavy (non-hydrogen) atoms. The molecular formula is C34H32N2. The molecule has 5 aromatic rings. The fourth-order valence-electron chi connectivity index (χ4n) is 5.80. The SMILES string of the molecule is Cc1c2c(c(-c3ccccc3C(C)C)n1-c1ccccc1Nc1ccccc1)-c1ccccc1CC2. The van der Waals surface area contributed by atoms with Gasteiger partial charge in [0, 0.05) is 22.5 Å². The summed E-state index contributed by atoms with van der Waals surface area (Å²) in [6.07, 6.45) is 2.15. The van der Waals surface area contributed by atoms with Crippen LogP contribution in [-0.4, -0.2) is 4.57 Å². The van der Waals surface area contributed by atoms with Crippen molar-refractivity contribution in [2.75, 3.05) is 5.32 Å². The molecule has 2 heteroatoms. The molecular weight excluding hydrogens is 436 g/mol. The van der Waals surface area contributed by atoms with Crippen molar-refractivity contribution in [3.8, 4) is 28.1 Å². The number of nitrogens with one attached hydrogen (secondary N) is 1. The first-order valence-corrected chi connectivity index (χ1v) is 13.0. The molecule has 0 aliphatic heterocycles. The Morgan fingerprint density at radius 1 is 0.694 bits per heavy atom. The van der Waals surface area contributed by atoms with E-state index in [4.69, 9.17) is 0 Å². The molecule has 2 nitrogen and oxygen atoms in total. The van der Waals surface area contributed by atoms with Crippen LogP contribution in [0.1, 0.15) is 42.1 Å². The minimum absolute atomic E-state index is 0.428. The van der Waals surface area contributed by atoms with Gasteiger partial charge in [0.25, 0.3) is 0 Å². The van der Waals surface area contributed by atoms with Crippen molar-refractivity contribution >= 4 is 11.4 Å². The molecule has 0 spiro atoms. The normalized spacial score (nSPS) is 12.3. The van der Waals surface area contributed by atoms with Crippen LogP contribution < -0.4 is 5.32 Å². The Morgan fingerprint density at radius 2 is 1.36 bits per heavy atom. The summed E-state index contributed by atoms with van der Waals surface area (Å²) >= 11 is 0. The first-order valence-electron chi connectivity index (χ1n) is 13.0. The number of hydrogen-bond acceptors (Lipinski definition) is 1. The zero-order chi connectivity index (χ0) is 24.6. The molecule has 1 aliphatic rings. The fraction of sp³-hybridized carbons (Fsp3) is 0.176. The highest BCUT2D eigenvalue weighted by Gasteiger charge is 2.29. The molecule has 0 radical (unpaired) electrons. The molecule has 0 amide bonds. The predicted molar refractivity (Wildman–Crippen MR) is 153 cm³/mol. The van der Waals surface area contributed by atoms with Gasteiger partial charge in [-0.25, -0.2) is 0 Å². The van der Waals surface area contributed by atoms with Crippen LogP contribution in [0.2, 0.25) is 0 Å². The fourth-order valence-corrected chi connectivity index (χ4v) is 5.80. The number of para-hydroxylation sites is 3. The van der Waals surface area contributed by atoms with Gasteiger partial charge in [-0.05, 0) is 72.2 Å². The van der Waals surface area contributed by atoms with E-state index in [1.807, 2.05) is 0 Å². The molecule has 0 saturated carbocycles. The Morgan fingerprint density at radius 3 is 2.17 bits per heavy atom. The Hall–Kier alpha value is -4.04. The zero-order valence-corrected chi connectivity index (χ0v) is 21.3. The van der Waals surface area contributed by atoms with Crippen LogP contribution in [0.15, 0.2) is 103 Å². The van der Waals surface area contributed by atoms with Gasteiger partial charge in [-0.2, -0.15) is 0 Å². The summed E-state index contributed by atoms with van der Waals surface area (Å²) < 4.78 is 2.51. The van der Waals surface area contributed by atoms with E-state index in [1.165, 1.54) is 50.5 Å². The number of hydrogen-bond donors (Lipinski definition) is 1. The highest BCUT2D eigenvalue weighted by Crippen LogP contribution is 2.47. The molecule has 1 heterocycles. The Balaban J connectivity index is 1.67. The minimum atomic E-state index is 0.428. The van der Waals surface area contributed by atoms with Gasteiger partial charge in [-0.1, -0.05) is 92.7 Å². The van der Waals surface area contributed by atoms with Gasteiger partial charge in [-0.15, -0.1) is 0 Å². The molecule has 0 unspecified atom stereocenters. The third-order valence-electron chi connectivity index (χ3n) is 7.50. The Labute approximate surface area is 214 Å². The molecule has 6 rings (SSSR count). The number of nitrogens with zero attached hydrogens (tertiary/aromatic N) is 1. The first-order chi connectivity index (χ1) is 17.6. The average Bonchev–Trinajstić information content (AvgIpc) is 3.22. The van der Waals surface area contributed by atoms with Gasteiger partial charge < -0.3 is 9.88 Å². The third-order valence-corrected chi connectivity index (χ3v) is 7.50. The molecule has 1 aliphatic carbocycles. The first kappa shape index (κ1) is 22.4. The topological polar surface area (TPSA) is 17.0 Å². The average molecular weight is 469 g/mol. The van der Waals surface area contributed by atoms with E-state index in [1.54, 1.807) is 0 Å². The number of rotatable bonds is 5. The van der Waals surface area contributed by atoms with Crippen molar-refractivity contribution in [3.05, 3.63) is 126 Å². The molecule has 0 fully saturated rings. The molecule has 178 valence electrons. The summed E-state index contributed by atoms with van der Waals surface area (Å²) in [6, 6.07) is 37.1. The van der Waals surface area contributed by atoms with E-state index >= 15 is 0 Å². The van der Waals surface area contributed by atoms with E-state index < -0.39 is 0 Å². The Kier molecular flexibility index (Phi) is 5.73. The highest BCUT2D eigenvalue weighted by molar-refractivity contribution is 5.91. The van der Waals surface area contributed by atoms with Gasteiger partial charge in [-0.3, -0.25) is 0 Å². The van der Waals surface area contributed by atoms with Crippen LogP contribution in [0.25, 0.3) is 28.1 Å². The summed E-state index contributed by atoms with van der Waals surface area (Å²) in [5.74, 6) is 0.428. The lowest BCUT2D eigenvalue weighted by atomic mass is 9.83. The van der Waals surface area contributed by atoms with Crippen molar-refractivity contribution in [1.82, 2.24) is 4.57 Å². The Bertz CT molecular complexity index is 1540. The molecule has 0 bridgehead atoms. The van der Waals surface area contributed by atoms with E-state index in [0.717, 1.165) is 24.2 Å². The van der Waals surface area contributed by atoms with Crippen LogP contribution in [-0.2, 0) is 12.8 Å². The largest absolute Gasteiger partial charge is 0.354 e. The summed E-state index contributed by atoms with van der Waals surface area (Å²) in [4.78, 5) is 0. The predicted octanol–water partition coefficient (Wildman–Crippen LogP) is 9.09. The summed E-state index contributed by atoms with van der Waals surface area (Å²) in [5.41, 5.74) is 14.4. The van der Waals surface area contributed by atoms with Crippen LogP contribution in [0.3, 0.4) is 0 Å². The van der Waals surface area contributed by atoms with Crippen molar-refractivity contribution in [2.45, 2.75) is 39.5 Å². The van der Waals surface area contributed by atoms with Crippen LogP contribution in [0.4, 0.5) is 11.4 Å². The number of fused-ring (bicyclic) bond motifs is 3. The standard InChI is InChI=1S/C34H32N2/c1-23(2)27-16-9-10-18-30(27)34-33-28(22-21-25-13-7-8-17-29(25)33)24(3)36(34)32-20-12-11-19-31(32)35-26-14-5-4-6-15-26/h4-20,23,35H,21-22H2,1-3H3. The number of anilines is 2. The molecule has 0 saturated heterocycles. The van der Waals surface area contributed by atoms with Gasteiger partial charge in [0.1, 0.15) is 0 Å². The van der Waals surface area contributed by atoms with Crippen molar-refractivity contribution < 1.29 is 0 Å². The van der Waals surface area contributed by atoms with Crippen molar-refractivity contribution in [3.63, 3.8) is 0 Å². The number of benzene rings is 4. The second-order valence-electron chi connectivity index (χ2n) is 10.0. The van der Waals surface area contributed by atoms with E-state index in [9.17, 15) is 0 Å². The summed E-state index contributed by atoms with van der Waals surface area (Å²) in [5, 5.41) is 3.69. The lowest BCUT2D eigenvalue weighted by Crippen LogP contribution is -2.05. The van der Waals surface area contributed by atoms with Crippen molar-refractivity contribution in [1.29, 1.82) is 0 Å². The van der Waals surface area contributed by atoms with Crippen LogP contribution in [0.5, 0.6) is 0 Å². The van der Waals surface area contributed by atoms with E-state index in [2.05, 4.69) is 134 Å². The molecule has 1 N–H and O–H groups in total. The van der Waals surface area contributed by atoms with Crippen LogP contribution >= 0.6 is 0 Å². The summed E-state index contributed by atoms with van der Waals surface area (Å²) in [7, 11) is 0.